The van der Waals surface area contributed by atoms with E-state index in [4.69, 9.17) is 16.3 Å². The summed E-state index contributed by atoms with van der Waals surface area (Å²) in [6.07, 6.45) is 3.66. The zero-order valence-corrected chi connectivity index (χ0v) is 18.0. The van der Waals surface area contributed by atoms with E-state index in [1.54, 1.807) is 12.3 Å². The molecule has 2 aliphatic rings. The highest BCUT2D eigenvalue weighted by molar-refractivity contribution is 6.38. The van der Waals surface area contributed by atoms with Crippen molar-refractivity contribution in [1.29, 1.82) is 0 Å². The van der Waals surface area contributed by atoms with Crippen LogP contribution >= 0.6 is 11.6 Å². The van der Waals surface area contributed by atoms with E-state index in [2.05, 4.69) is 20.6 Å². The lowest BCUT2D eigenvalue weighted by Crippen LogP contribution is -2.20. The van der Waals surface area contributed by atoms with Crippen LogP contribution in [0.3, 0.4) is 0 Å². The van der Waals surface area contributed by atoms with Crippen molar-refractivity contribution in [2.45, 2.75) is 6.92 Å². The molecule has 32 heavy (non-hydrogen) atoms. The standard InChI is InChI=1S/C25H19ClN4O2/c1-13-19(12-28-25-23(13)27-6-7-32-25)16-10-17-18(24(31)30-22(17)11-20(16)26)9-15-8-14-4-2-3-5-21(14)29-15/h2-5,8-12,27,29H,6-7H2,1H3,(H,30,31)/b18-9-. The molecule has 0 saturated heterocycles. The number of aromatic nitrogens is 2. The molecule has 0 atom stereocenters. The maximum atomic E-state index is 12.8. The van der Waals surface area contributed by atoms with E-state index in [1.165, 1.54) is 0 Å². The van der Waals surface area contributed by atoms with Crippen molar-refractivity contribution in [1.82, 2.24) is 9.97 Å². The highest BCUT2D eigenvalue weighted by Gasteiger charge is 2.27. The van der Waals surface area contributed by atoms with Crippen LogP contribution in [0.5, 0.6) is 5.88 Å². The maximum absolute atomic E-state index is 12.8. The number of ether oxygens (including phenoxy) is 1. The second kappa shape index (κ2) is 7.14. The first-order valence-electron chi connectivity index (χ1n) is 10.4. The van der Waals surface area contributed by atoms with Gasteiger partial charge in [0.1, 0.15) is 12.3 Å². The van der Waals surface area contributed by atoms with E-state index < -0.39 is 0 Å². The molecule has 6 rings (SSSR count). The Bertz CT molecular complexity index is 1420. The van der Waals surface area contributed by atoms with Crippen molar-refractivity contribution in [3.05, 3.63) is 70.5 Å². The molecule has 0 aliphatic carbocycles. The molecule has 2 aromatic carbocycles. The van der Waals surface area contributed by atoms with E-state index in [1.807, 2.05) is 49.4 Å². The number of amides is 1. The zero-order valence-electron chi connectivity index (χ0n) is 17.3. The van der Waals surface area contributed by atoms with E-state index in [0.29, 0.717) is 28.8 Å². The summed E-state index contributed by atoms with van der Waals surface area (Å²) in [4.78, 5) is 20.6. The fraction of sp³-hybridized carbons (Fsp3) is 0.120. The van der Waals surface area contributed by atoms with Gasteiger partial charge in [-0.05, 0) is 48.2 Å². The fourth-order valence-corrected chi connectivity index (χ4v) is 4.65. The van der Waals surface area contributed by atoms with Gasteiger partial charge in [0, 0.05) is 40.6 Å². The monoisotopic (exact) mass is 442 g/mol. The van der Waals surface area contributed by atoms with Crippen molar-refractivity contribution in [3.63, 3.8) is 0 Å². The van der Waals surface area contributed by atoms with Crippen LogP contribution in [0.15, 0.2) is 48.7 Å². The molecular formula is C25H19ClN4O2. The number of hydrogen-bond acceptors (Lipinski definition) is 4. The Morgan fingerprint density at radius 1 is 1.12 bits per heavy atom. The quantitative estimate of drug-likeness (QED) is 0.359. The highest BCUT2D eigenvalue weighted by Crippen LogP contribution is 2.43. The molecule has 1 amide bonds. The molecule has 2 aliphatic heterocycles. The second-order valence-electron chi connectivity index (χ2n) is 7.95. The lowest BCUT2D eigenvalue weighted by molar-refractivity contribution is -0.110. The molecule has 6 nitrogen and oxygen atoms in total. The van der Waals surface area contributed by atoms with Crippen LogP contribution in [-0.2, 0) is 4.79 Å². The van der Waals surface area contributed by atoms with Gasteiger partial charge in [-0.2, -0.15) is 0 Å². The molecule has 158 valence electrons. The first kappa shape index (κ1) is 19.0. The number of benzene rings is 2. The molecule has 0 bridgehead atoms. The van der Waals surface area contributed by atoms with Crippen molar-refractivity contribution in [2.75, 3.05) is 23.8 Å². The fourth-order valence-electron chi connectivity index (χ4n) is 4.38. The summed E-state index contributed by atoms with van der Waals surface area (Å²) in [6, 6.07) is 13.8. The molecule has 2 aromatic heterocycles. The Labute approximate surface area is 189 Å². The maximum Gasteiger partial charge on any atom is 0.256 e. The van der Waals surface area contributed by atoms with E-state index >= 15 is 0 Å². The lowest BCUT2D eigenvalue weighted by atomic mass is 9.96. The third kappa shape index (κ3) is 2.95. The van der Waals surface area contributed by atoms with Crippen LogP contribution in [0.4, 0.5) is 11.4 Å². The van der Waals surface area contributed by atoms with Crippen molar-refractivity contribution < 1.29 is 9.53 Å². The van der Waals surface area contributed by atoms with Gasteiger partial charge in [0.15, 0.2) is 0 Å². The first-order valence-corrected chi connectivity index (χ1v) is 10.8. The Hall–Kier alpha value is -3.77. The largest absolute Gasteiger partial charge is 0.474 e. The minimum atomic E-state index is -0.151. The summed E-state index contributed by atoms with van der Waals surface area (Å²) in [5, 5.41) is 7.94. The topological polar surface area (TPSA) is 79.0 Å². The van der Waals surface area contributed by atoms with E-state index in [9.17, 15) is 4.79 Å². The van der Waals surface area contributed by atoms with Crippen LogP contribution in [0, 0.1) is 6.92 Å². The number of rotatable bonds is 2. The summed E-state index contributed by atoms with van der Waals surface area (Å²) in [5.41, 5.74) is 7.63. The number of fused-ring (bicyclic) bond motifs is 3. The minimum Gasteiger partial charge on any atom is -0.474 e. The van der Waals surface area contributed by atoms with Gasteiger partial charge in [-0.15, -0.1) is 0 Å². The summed E-state index contributed by atoms with van der Waals surface area (Å²) >= 11 is 6.65. The molecule has 4 aromatic rings. The number of aromatic amines is 1. The van der Waals surface area contributed by atoms with E-state index in [0.717, 1.165) is 51.1 Å². The molecule has 3 N–H and O–H groups in total. The van der Waals surface area contributed by atoms with Gasteiger partial charge in [0.05, 0.1) is 16.3 Å². The van der Waals surface area contributed by atoms with Gasteiger partial charge in [0.2, 0.25) is 5.88 Å². The van der Waals surface area contributed by atoms with Gasteiger partial charge in [-0.1, -0.05) is 29.8 Å². The average Bonchev–Trinajstić information content (AvgIpc) is 3.34. The van der Waals surface area contributed by atoms with Crippen LogP contribution in [-0.4, -0.2) is 29.0 Å². The van der Waals surface area contributed by atoms with Gasteiger partial charge in [-0.3, -0.25) is 4.79 Å². The summed E-state index contributed by atoms with van der Waals surface area (Å²) < 4.78 is 5.65. The number of carbonyl (C=O) groups is 1. The van der Waals surface area contributed by atoms with Crippen molar-refractivity contribution in [2.24, 2.45) is 0 Å². The number of halogens is 1. The molecule has 0 fully saturated rings. The molecule has 0 unspecified atom stereocenters. The molecule has 4 heterocycles. The molecule has 0 radical (unpaired) electrons. The third-order valence-corrected chi connectivity index (χ3v) is 6.29. The van der Waals surface area contributed by atoms with Crippen molar-refractivity contribution in [3.8, 4) is 17.0 Å². The summed E-state index contributed by atoms with van der Waals surface area (Å²) in [6.45, 7) is 3.34. The van der Waals surface area contributed by atoms with Gasteiger partial charge in [-0.25, -0.2) is 4.98 Å². The Morgan fingerprint density at radius 3 is 2.88 bits per heavy atom. The van der Waals surface area contributed by atoms with Crippen molar-refractivity contribution >= 4 is 51.4 Å². The smallest absolute Gasteiger partial charge is 0.256 e. The number of nitrogens with one attached hydrogen (secondary N) is 3. The number of pyridine rings is 1. The predicted molar refractivity (Wildman–Crippen MR) is 128 cm³/mol. The third-order valence-electron chi connectivity index (χ3n) is 5.98. The summed E-state index contributed by atoms with van der Waals surface area (Å²) in [5.74, 6) is 0.452. The molecular weight excluding hydrogens is 424 g/mol. The number of para-hydroxylation sites is 1. The predicted octanol–water partition coefficient (Wildman–Crippen LogP) is 5.49. The van der Waals surface area contributed by atoms with Gasteiger partial charge >= 0.3 is 0 Å². The molecule has 0 spiro atoms. The number of nitrogens with zero attached hydrogens (tertiary/aromatic N) is 1. The van der Waals surface area contributed by atoms with Crippen LogP contribution in [0.1, 0.15) is 16.8 Å². The number of anilines is 2. The van der Waals surface area contributed by atoms with Crippen LogP contribution in [0.25, 0.3) is 33.7 Å². The Balaban J connectivity index is 1.48. The van der Waals surface area contributed by atoms with E-state index in [-0.39, 0.29) is 5.91 Å². The first-order chi connectivity index (χ1) is 15.6. The highest BCUT2D eigenvalue weighted by atomic mass is 35.5. The number of hydrogen-bond donors (Lipinski definition) is 3. The van der Waals surface area contributed by atoms with Crippen LogP contribution in [0.2, 0.25) is 5.02 Å². The number of carbonyl (C=O) groups excluding carboxylic acids is 1. The lowest BCUT2D eigenvalue weighted by Gasteiger charge is -2.22. The summed E-state index contributed by atoms with van der Waals surface area (Å²) in [7, 11) is 0. The Morgan fingerprint density at radius 2 is 2.00 bits per heavy atom. The SMILES string of the molecule is Cc1c(-c2cc3c(cc2Cl)NC(=O)/C3=C\c2cc3ccccc3[nH]2)cnc2c1NCCO2. The Kier molecular flexibility index (Phi) is 4.23. The average molecular weight is 443 g/mol. The second-order valence-corrected chi connectivity index (χ2v) is 8.36. The minimum absolute atomic E-state index is 0.151. The molecule has 7 heteroatoms. The van der Waals surface area contributed by atoms with Gasteiger partial charge in [0.25, 0.3) is 5.91 Å². The molecule has 0 saturated carbocycles. The van der Waals surface area contributed by atoms with Crippen LogP contribution < -0.4 is 15.4 Å². The number of H-pyrrole nitrogens is 1. The zero-order chi connectivity index (χ0) is 21.8. The van der Waals surface area contributed by atoms with Gasteiger partial charge < -0.3 is 20.4 Å². The normalized spacial score (nSPS) is 15.8.